The molecule has 104 valence electrons. The number of halogens is 3. The molecule has 1 aromatic rings. The topological polar surface area (TPSA) is 55.1 Å². The van der Waals surface area contributed by atoms with Gasteiger partial charge in [0.1, 0.15) is 4.99 Å². The number of hydrogen-bond acceptors (Lipinski definition) is 2. The zero-order valence-corrected chi connectivity index (χ0v) is 10.9. The van der Waals surface area contributed by atoms with Gasteiger partial charge in [-0.15, -0.1) is 0 Å². The molecule has 1 unspecified atom stereocenters. The van der Waals surface area contributed by atoms with Crippen molar-refractivity contribution in [1.29, 1.82) is 0 Å². The van der Waals surface area contributed by atoms with Crippen LogP contribution in [-0.2, 0) is 0 Å². The predicted molar refractivity (Wildman–Crippen MR) is 69.9 cm³/mol. The van der Waals surface area contributed by atoms with Crippen LogP contribution in [0.3, 0.4) is 0 Å². The summed E-state index contributed by atoms with van der Waals surface area (Å²) in [5.74, 6) is -0.564. The summed E-state index contributed by atoms with van der Waals surface area (Å²) in [6, 6.07) is 5.04. The predicted octanol–water partition coefficient (Wildman–Crippen LogP) is 2.39. The Morgan fingerprint density at radius 2 is 1.79 bits per heavy atom. The zero-order chi connectivity index (χ0) is 14.6. The molecule has 3 nitrogen and oxygen atoms in total. The number of rotatable bonds is 4. The molecule has 0 aliphatic rings. The first-order chi connectivity index (χ1) is 8.69. The van der Waals surface area contributed by atoms with Gasteiger partial charge < -0.3 is 11.1 Å². The average molecular weight is 290 g/mol. The number of amides is 1. The molecule has 0 fully saturated rings. The van der Waals surface area contributed by atoms with Crippen LogP contribution in [0.2, 0.25) is 0 Å². The maximum absolute atomic E-state index is 12.1. The largest absolute Gasteiger partial charge is 0.391 e. The minimum Gasteiger partial charge on any atom is -0.389 e. The van der Waals surface area contributed by atoms with Crippen molar-refractivity contribution < 1.29 is 18.0 Å². The molecule has 0 spiro atoms. The first kappa shape index (κ1) is 15.4. The molecule has 1 aromatic carbocycles. The molecule has 0 bridgehead atoms. The third-order valence-electron chi connectivity index (χ3n) is 2.35. The molecule has 1 rings (SSSR count). The molecule has 19 heavy (non-hydrogen) atoms. The monoisotopic (exact) mass is 290 g/mol. The van der Waals surface area contributed by atoms with Crippen molar-refractivity contribution >= 4 is 23.1 Å². The maximum atomic E-state index is 12.1. The molecule has 0 aliphatic carbocycles. The molecule has 3 N–H and O–H groups in total. The summed E-state index contributed by atoms with van der Waals surface area (Å²) in [6.07, 6.45) is -5.37. The third kappa shape index (κ3) is 5.25. The molecule has 1 amide bonds. The quantitative estimate of drug-likeness (QED) is 0.837. The van der Waals surface area contributed by atoms with E-state index in [0.29, 0.717) is 5.56 Å². The summed E-state index contributed by atoms with van der Waals surface area (Å²) in [5, 5.41) is 2.28. The molecular formula is C12H13F3N2OS. The van der Waals surface area contributed by atoms with E-state index in [1.807, 2.05) is 0 Å². The molecule has 0 aromatic heterocycles. The van der Waals surface area contributed by atoms with Crippen molar-refractivity contribution in [2.45, 2.75) is 25.6 Å². The van der Waals surface area contributed by atoms with Gasteiger partial charge in [0.25, 0.3) is 5.91 Å². The zero-order valence-electron chi connectivity index (χ0n) is 10.1. The molecule has 1 atom stereocenters. The van der Waals surface area contributed by atoms with E-state index < -0.39 is 24.5 Å². The molecule has 7 heteroatoms. The van der Waals surface area contributed by atoms with Crippen LogP contribution in [0.25, 0.3) is 0 Å². The summed E-state index contributed by atoms with van der Waals surface area (Å²) >= 11 is 4.75. The van der Waals surface area contributed by atoms with Gasteiger partial charge in [0, 0.05) is 17.2 Å². The van der Waals surface area contributed by atoms with Gasteiger partial charge in [-0.05, 0) is 19.1 Å². The van der Waals surface area contributed by atoms with Gasteiger partial charge in [-0.3, -0.25) is 4.79 Å². The Labute approximate surface area is 114 Å². The number of alkyl halides is 3. The fourth-order valence-corrected chi connectivity index (χ4v) is 1.63. The first-order valence-corrected chi connectivity index (χ1v) is 5.87. The average Bonchev–Trinajstić information content (AvgIpc) is 2.26. The molecule has 0 heterocycles. The second-order valence-electron chi connectivity index (χ2n) is 4.14. The minimum atomic E-state index is -4.30. The summed E-state index contributed by atoms with van der Waals surface area (Å²) in [7, 11) is 0. The Kier molecular flexibility index (Phi) is 4.88. The number of carbonyl (C=O) groups excluding carboxylic acids is 1. The third-order valence-corrected chi connectivity index (χ3v) is 2.58. The SMILES string of the molecule is CC(CC(F)(F)F)NC(=O)c1ccc(C(N)=S)cc1. The van der Waals surface area contributed by atoms with Crippen LogP contribution >= 0.6 is 12.2 Å². The number of thiocarbonyl (C=S) groups is 1. The molecule has 0 radical (unpaired) electrons. The van der Waals surface area contributed by atoms with E-state index >= 15 is 0 Å². The lowest BCUT2D eigenvalue weighted by Crippen LogP contribution is -2.35. The van der Waals surface area contributed by atoms with Crippen molar-refractivity contribution in [3.8, 4) is 0 Å². The van der Waals surface area contributed by atoms with Gasteiger partial charge in [0.2, 0.25) is 0 Å². The number of benzene rings is 1. The van der Waals surface area contributed by atoms with Crippen LogP contribution in [0.5, 0.6) is 0 Å². The second-order valence-corrected chi connectivity index (χ2v) is 4.58. The highest BCUT2D eigenvalue weighted by Crippen LogP contribution is 2.21. The lowest BCUT2D eigenvalue weighted by Gasteiger charge is -2.15. The van der Waals surface area contributed by atoms with Crippen molar-refractivity contribution in [3.63, 3.8) is 0 Å². The van der Waals surface area contributed by atoms with Crippen molar-refractivity contribution in [2.24, 2.45) is 5.73 Å². The Bertz CT molecular complexity index is 471. The first-order valence-electron chi connectivity index (χ1n) is 5.46. The van der Waals surface area contributed by atoms with Crippen LogP contribution in [0.1, 0.15) is 29.3 Å². The minimum absolute atomic E-state index is 0.192. The Morgan fingerprint density at radius 1 is 1.32 bits per heavy atom. The summed E-state index contributed by atoms with van der Waals surface area (Å²) in [6.45, 7) is 1.30. The van der Waals surface area contributed by atoms with Gasteiger partial charge in [-0.25, -0.2) is 0 Å². The Balaban J connectivity index is 2.65. The van der Waals surface area contributed by atoms with Gasteiger partial charge in [0.15, 0.2) is 0 Å². The number of nitrogens with one attached hydrogen (secondary N) is 1. The fourth-order valence-electron chi connectivity index (χ4n) is 1.49. The Hall–Kier alpha value is -1.63. The van der Waals surface area contributed by atoms with Crippen LogP contribution in [-0.4, -0.2) is 23.1 Å². The van der Waals surface area contributed by atoms with Crippen molar-refractivity contribution in [1.82, 2.24) is 5.32 Å². The van der Waals surface area contributed by atoms with E-state index in [-0.39, 0.29) is 10.6 Å². The van der Waals surface area contributed by atoms with Crippen LogP contribution in [0.15, 0.2) is 24.3 Å². The van der Waals surface area contributed by atoms with Crippen LogP contribution in [0.4, 0.5) is 13.2 Å². The van der Waals surface area contributed by atoms with E-state index in [4.69, 9.17) is 18.0 Å². The lowest BCUT2D eigenvalue weighted by molar-refractivity contribution is -0.138. The van der Waals surface area contributed by atoms with E-state index in [1.165, 1.54) is 19.1 Å². The highest BCUT2D eigenvalue weighted by molar-refractivity contribution is 7.80. The van der Waals surface area contributed by atoms with Crippen molar-refractivity contribution in [2.75, 3.05) is 0 Å². The fraction of sp³-hybridized carbons (Fsp3) is 0.333. The standard InChI is InChI=1S/C12H13F3N2OS/c1-7(6-12(13,14)15)17-11(18)9-4-2-8(3-5-9)10(16)19/h2-5,7H,6H2,1H3,(H2,16,19)(H,17,18). The lowest BCUT2D eigenvalue weighted by atomic mass is 10.1. The van der Waals surface area contributed by atoms with Crippen LogP contribution < -0.4 is 11.1 Å². The Morgan fingerprint density at radius 3 is 2.21 bits per heavy atom. The summed E-state index contributed by atoms with van der Waals surface area (Å²) in [4.78, 5) is 11.9. The maximum Gasteiger partial charge on any atom is 0.391 e. The van der Waals surface area contributed by atoms with E-state index in [1.54, 1.807) is 12.1 Å². The number of hydrogen-bond donors (Lipinski definition) is 2. The molecule has 0 aliphatic heterocycles. The van der Waals surface area contributed by atoms with E-state index in [2.05, 4.69) is 5.32 Å². The van der Waals surface area contributed by atoms with Gasteiger partial charge >= 0.3 is 6.18 Å². The smallest absolute Gasteiger partial charge is 0.389 e. The summed E-state index contributed by atoms with van der Waals surface area (Å²) < 4.78 is 36.4. The van der Waals surface area contributed by atoms with Crippen LogP contribution in [0, 0.1) is 0 Å². The van der Waals surface area contributed by atoms with Crippen molar-refractivity contribution in [3.05, 3.63) is 35.4 Å². The van der Waals surface area contributed by atoms with Gasteiger partial charge in [-0.1, -0.05) is 24.4 Å². The molecular weight excluding hydrogens is 277 g/mol. The van der Waals surface area contributed by atoms with E-state index in [9.17, 15) is 18.0 Å². The second kappa shape index (κ2) is 6.01. The number of carbonyl (C=O) groups is 1. The van der Waals surface area contributed by atoms with E-state index in [0.717, 1.165) is 0 Å². The number of nitrogens with two attached hydrogens (primary N) is 1. The van der Waals surface area contributed by atoms with Gasteiger partial charge in [0.05, 0.1) is 6.42 Å². The highest BCUT2D eigenvalue weighted by atomic mass is 32.1. The molecule has 0 saturated heterocycles. The molecule has 0 saturated carbocycles. The highest BCUT2D eigenvalue weighted by Gasteiger charge is 2.30. The summed E-state index contributed by atoms with van der Waals surface area (Å²) in [5.41, 5.74) is 6.25. The normalized spacial score (nSPS) is 12.8. The van der Waals surface area contributed by atoms with Gasteiger partial charge in [-0.2, -0.15) is 13.2 Å².